The summed E-state index contributed by atoms with van der Waals surface area (Å²) < 4.78 is 15.7. The first kappa shape index (κ1) is 23.8. The molecule has 0 spiro atoms. The van der Waals surface area contributed by atoms with Gasteiger partial charge in [0.1, 0.15) is 7.14 Å². The highest BCUT2D eigenvalue weighted by atomic mass is 31.2. The van der Waals surface area contributed by atoms with Gasteiger partial charge in [0.05, 0.1) is 5.78 Å². The molecule has 32 heavy (non-hydrogen) atoms. The molecule has 1 N–H and O–H groups in total. The molecule has 2 saturated carbocycles. The van der Waals surface area contributed by atoms with Crippen molar-refractivity contribution in [2.45, 2.75) is 89.6 Å². The summed E-state index contributed by atoms with van der Waals surface area (Å²) in [5.74, 6) is 1.59. The molecule has 2 aromatic rings. The first-order valence-corrected chi connectivity index (χ1v) is 14.8. The van der Waals surface area contributed by atoms with Crippen LogP contribution >= 0.6 is 7.14 Å². The normalized spacial score (nSPS) is 27.7. The van der Waals surface area contributed by atoms with Crippen LogP contribution in [-0.2, 0) is 4.57 Å². The van der Waals surface area contributed by atoms with Crippen LogP contribution in [0.2, 0.25) is 0 Å². The third-order valence-electron chi connectivity index (χ3n) is 8.14. The van der Waals surface area contributed by atoms with Crippen LogP contribution in [0.15, 0.2) is 60.7 Å². The number of benzene rings is 2. The van der Waals surface area contributed by atoms with E-state index in [1.165, 1.54) is 50.5 Å². The average Bonchev–Trinajstić information content (AvgIpc) is 2.83. The van der Waals surface area contributed by atoms with Crippen molar-refractivity contribution in [1.29, 1.82) is 0 Å². The quantitative estimate of drug-likeness (QED) is 0.436. The molecule has 2 aromatic carbocycles. The van der Waals surface area contributed by atoms with Crippen molar-refractivity contribution in [3.8, 4) is 0 Å². The molecule has 2 aliphatic carbocycles. The number of hydrogen-bond acceptors (Lipinski definition) is 2. The van der Waals surface area contributed by atoms with E-state index in [2.05, 4.69) is 86.8 Å². The van der Waals surface area contributed by atoms with Gasteiger partial charge in [-0.25, -0.2) is 0 Å². The molecule has 2 nitrogen and oxygen atoms in total. The van der Waals surface area contributed by atoms with Gasteiger partial charge in [0.2, 0.25) is 0 Å². The molecule has 5 atom stereocenters. The molecule has 3 heteroatoms. The molecule has 0 radical (unpaired) electrons. The van der Waals surface area contributed by atoms with Crippen molar-refractivity contribution in [2.75, 3.05) is 0 Å². The van der Waals surface area contributed by atoms with Crippen molar-refractivity contribution in [3.63, 3.8) is 0 Å². The standard InChI is InChI=1S/C29H42NOP/c1-22(2)27-20-19-23(3)21-28(27)32(31,26-17-11-6-12-18-26)29(24-13-7-4-8-14-24)30-25-15-9-5-10-16-25/h4,6-8,11-14,17-18,22-23,25,27-30H,5,9-10,15-16,19-21H2,1-3H3/t23-,27+,28?,29+,32+/m1/s1. The van der Waals surface area contributed by atoms with E-state index in [4.69, 9.17) is 0 Å². The van der Waals surface area contributed by atoms with Gasteiger partial charge in [-0.1, -0.05) is 107 Å². The van der Waals surface area contributed by atoms with Gasteiger partial charge < -0.3 is 9.88 Å². The zero-order valence-electron chi connectivity index (χ0n) is 20.2. The molecular weight excluding hydrogens is 409 g/mol. The maximum atomic E-state index is 15.7. The monoisotopic (exact) mass is 451 g/mol. The Morgan fingerprint density at radius 3 is 2.09 bits per heavy atom. The van der Waals surface area contributed by atoms with Crippen LogP contribution in [0.1, 0.15) is 83.5 Å². The van der Waals surface area contributed by atoms with Crippen LogP contribution in [0.3, 0.4) is 0 Å². The SMILES string of the molecule is CC(C)[C@@H]1CC[C@@H](C)CC1[P@@](=O)(c1ccccc1)[C@H](NC1CCCCC1)c1ccccc1. The summed E-state index contributed by atoms with van der Waals surface area (Å²) in [7, 11) is -2.80. The summed E-state index contributed by atoms with van der Waals surface area (Å²) in [6.45, 7) is 7.05. The lowest BCUT2D eigenvalue weighted by molar-refractivity contribution is 0.234. The Balaban J connectivity index is 1.84. The zero-order valence-corrected chi connectivity index (χ0v) is 21.1. The highest BCUT2D eigenvalue weighted by Gasteiger charge is 2.49. The van der Waals surface area contributed by atoms with Crippen molar-refractivity contribution >= 4 is 12.4 Å². The summed E-state index contributed by atoms with van der Waals surface area (Å²) in [6.07, 6.45) is 9.84. The van der Waals surface area contributed by atoms with E-state index in [0.29, 0.717) is 23.8 Å². The van der Waals surface area contributed by atoms with Crippen molar-refractivity contribution in [3.05, 3.63) is 66.2 Å². The van der Waals surface area contributed by atoms with E-state index in [9.17, 15) is 0 Å². The molecule has 174 valence electrons. The maximum absolute atomic E-state index is 15.7. The van der Waals surface area contributed by atoms with Crippen molar-refractivity contribution in [2.24, 2.45) is 17.8 Å². The summed E-state index contributed by atoms with van der Waals surface area (Å²) in [4.78, 5) is 0. The molecule has 0 bridgehead atoms. The lowest BCUT2D eigenvalue weighted by Gasteiger charge is -2.45. The van der Waals surface area contributed by atoms with Gasteiger partial charge in [-0.3, -0.25) is 0 Å². The molecule has 2 aliphatic rings. The fraction of sp³-hybridized carbons (Fsp3) is 0.586. The van der Waals surface area contributed by atoms with Gasteiger partial charge in [0.25, 0.3) is 0 Å². The fourth-order valence-corrected chi connectivity index (χ4v) is 10.8. The molecule has 4 rings (SSSR count). The van der Waals surface area contributed by atoms with Crippen LogP contribution in [0, 0.1) is 17.8 Å². The van der Waals surface area contributed by atoms with Gasteiger partial charge >= 0.3 is 0 Å². The van der Waals surface area contributed by atoms with E-state index in [1.807, 2.05) is 0 Å². The minimum Gasteiger partial charge on any atom is -0.316 e. The van der Waals surface area contributed by atoms with Crippen LogP contribution in [0.5, 0.6) is 0 Å². The highest BCUT2D eigenvalue weighted by molar-refractivity contribution is 7.72. The van der Waals surface area contributed by atoms with Gasteiger partial charge in [-0.2, -0.15) is 0 Å². The van der Waals surface area contributed by atoms with Gasteiger partial charge in [-0.05, 0) is 49.0 Å². The van der Waals surface area contributed by atoms with E-state index < -0.39 is 7.14 Å². The first-order valence-electron chi connectivity index (χ1n) is 13.0. The number of hydrogen-bond donors (Lipinski definition) is 1. The Morgan fingerprint density at radius 1 is 0.844 bits per heavy atom. The van der Waals surface area contributed by atoms with E-state index in [1.54, 1.807) is 0 Å². The Bertz CT molecular complexity index is 875. The predicted molar refractivity (Wildman–Crippen MR) is 138 cm³/mol. The van der Waals surface area contributed by atoms with Gasteiger partial charge in [0.15, 0.2) is 0 Å². The summed E-state index contributed by atoms with van der Waals surface area (Å²) in [5.41, 5.74) is 1.43. The second-order valence-electron chi connectivity index (χ2n) is 10.8. The van der Waals surface area contributed by atoms with Crippen LogP contribution < -0.4 is 10.6 Å². The predicted octanol–water partition coefficient (Wildman–Crippen LogP) is 7.76. The molecule has 0 heterocycles. The Morgan fingerprint density at radius 2 is 1.47 bits per heavy atom. The van der Waals surface area contributed by atoms with Gasteiger partial charge in [-0.15, -0.1) is 0 Å². The second-order valence-corrected chi connectivity index (χ2v) is 13.9. The van der Waals surface area contributed by atoms with Crippen molar-refractivity contribution in [1.82, 2.24) is 5.32 Å². The molecule has 0 amide bonds. The third kappa shape index (κ3) is 5.07. The lowest BCUT2D eigenvalue weighted by Crippen LogP contribution is -2.42. The third-order valence-corrected chi connectivity index (χ3v) is 12.0. The smallest absolute Gasteiger partial charge is 0.139 e. The van der Waals surface area contributed by atoms with E-state index in [0.717, 1.165) is 11.7 Å². The minimum atomic E-state index is -2.80. The molecule has 0 saturated heterocycles. The number of rotatable bonds is 7. The molecule has 0 aromatic heterocycles. The topological polar surface area (TPSA) is 29.1 Å². The highest BCUT2D eigenvalue weighted by Crippen LogP contribution is 2.66. The minimum absolute atomic E-state index is 0.106. The molecule has 1 unspecified atom stereocenters. The van der Waals surface area contributed by atoms with E-state index in [-0.39, 0.29) is 11.4 Å². The fourth-order valence-electron chi connectivity index (χ4n) is 6.34. The Hall–Kier alpha value is -1.37. The maximum Gasteiger partial charge on any atom is 0.139 e. The van der Waals surface area contributed by atoms with Gasteiger partial charge in [0, 0.05) is 17.0 Å². The zero-order chi connectivity index (χ0) is 22.6. The number of nitrogens with one attached hydrogen (secondary N) is 1. The molecule has 0 aliphatic heterocycles. The summed E-state index contributed by atoms with van der Waals surface area (Å²) >= 11 is 0. The largest absolute Gasteiger partial charge is 0.316 e. The summed E-state index contributed by atoms with van der Waals surface area (Å²) in [6, 6.07) is 21.7. The van der Waals surface area contributed by atoms with Crippen molar-refractivity contribution < 1.29 is 4.57 Å². The van der Waals surface area contributed by atoms with E-state index >= 15 is 4.57 Å². The average molecular weight is 452 g/mol. The second kappa shape index (κ2) is 10.7. The first-order chi connectivity index (χ1) is 15.5. The molecule has 2 fully saturated rings. The lowest BCUT2D eigenvalue weighted by atomic mass is 9.77. The van der Waals surface area contributed by atoms with Crippen LogP contribution in [0.25, 0.3) is 0 Å². The Kier molecular flexibility index (Phi) is 7.95. The van der Waals surface area contributed by atoms with Crippen LogP contribution in [-0.4, -0.2) is 11.7 Å². The molecular formula is C29H42NOP. The summed E-state index contributed by atoms with van der Waals surface area (Å²) in [5, 5.41) is 5.09. The Labute approximate surface area is 196 Å². The van der Waals surface area contributed by atoms with Crippen LogP contribution in [0.4, 0.5) is 0 Å².